The third kappa shape index (κ3) is 85.9. The number of esters is 4. The molecule has 0 saturated heterocycles. The van der Waals surface area contributed by atoms with Gasteiger partial charge in [0.05, 0.1) is 26.4 Å². The first-order chi connectivity index (χ1) is 54.5. The number of aliphatic hydroxyl groups is 1. The van der Waals surface area contributed by atoms with Crippen LogP contribution in [0.4, 0.5) is 0 Å². The quantitative estimate of drug-likeness (QED) is 0.0222. The minimum absolute atomic E-state index is 0.109. The van der Waals surface area contributed by atoms with Gasteiger partial charge in [0.25, 0.3) is 0 Å². The van der Waals surface area contributed by atoms with Gasteiger partial charge in [-0.1, -0.05) is 458 Å². The fraction of sp³-hybridized carbons (Fsp3) is 0.957. The third-order valence-corrected chi connectivity index (χ3v) is 23.9. The molecule has 0 radical (unpaired) electrons. The van der Waals surface area contributed by atoms with E-state index in [1.807, 2.05) is 0 Å². The van der Waals surface area contributed by atoms with Crippen molar-refractivity contribution in [1.82, 2.24) is 0 Å². The zero-order chi connectivity index (χ0) is 81.8. The zero-order valence-corrected chi connectivity index (χ0v) is 75.6. The smallest absolute Gasteiger partial charge is 0.462 e. The summed E-state index contributed by atoms with van der Waals surface area (Å²) in [7, 11) is -9.94. The van der Waals surface area contributed by atoms with E-state index in [2.05, 4.69) is 34.6 Å². The Balaban J connectivity index is 5.22. The minimum Gasteiger partial charge on any atom is -0.462 e. The molecule has 19 heteroatoms. The number of phosphoric acid groups is 2. The lowest BCUT2D eigenvalue weighted by Gasteiger charge is -2.21. The van der Waals surface area contributed by atoms with Crippen molar-refractivity contribution in [2.45, 2.75) is 528 Å². The molecule has 0 fully saturated rings. The second-order valence-corrected chi connectivity index (χ2v) is 36.8. The van der Waals surface area contributed by atoms with Crippen LogP contribution in [0, 0.1) is 5.92 Å². The monoisotopic (exact) mass is 1630 g/mol. The highest BCUT2D eigenvalue weighted by atomic mass is 31.2. The fourth-order valence-electron chi connectivity index (χ4n) is 14.7. The summed E-state index contributed by atoms with van der Waals surface area (Å²) in [6.07, 6.45) is 82.3. The van der Waals surface area contributed by atoms with Crippen molar-refractivity contribution in [3.63, 3.8) is 0 Å². The molecule has 0 aliphatic carbocycles. The highest BCUT2D eigenvalue weighted by molar-refractivity contribution is 7.47. The summed E-state index contributed by atoms with van der Waals surface area (Å²) in [6.45, 7) is 7.37. The van der Waals surface area contributed by atoms with Gasteiger partial charge in [-0.3, -0.25) is 37.3 Å². The van der Waals surface area contributed by atoms with Crippen LogP contribution in [-0.2, 0) is 65.4 Å². The zero-order valence-electron chi connectivity index (χ0n) is 73.8. The SMILES string of the molecule is CCCCCCCCCCCCCCCCCCCCCCCCC(=O)O[C@H](COC(=O)CCCCCCCCCCCCCCCCCCCCCC)COP(=O)(O)OC[C@@H](O)COP(=O)(O)OC[C@@H](COC(=O)CCCCCCCCCCC(C)C)OC(=O)CCCCCCCCCCCCCCCCCCCCC. The molecule has 0 spiro atoms. The minimum atomic E-state index is -4.97. The summed E-state index contributed by atoms with van der Waals surface area (Å²) in [5.74, 6) is -1.37. The number of aliphatic hydroxyl groups excluding tert-OH is 1. The summed E-state index contributed by atoms with van der Waals surface area (Å²) in [6, 6.07) is 0. The number of ether oxygens (including phenoxy) is 4. The molecule has 112 heavy (non-hydrogen) atoms. The van der Waals surface area contributed by atoms with Crippen LogP contribution in [-0.4, -0.2) is 96.7 Å². The lowest BCUT2D eigenvalue weighted by atomic mass is 10.0. The van der Waals surface area contributed by atoms with Crippen molar-refractivity contribution in [1.29, 1.82) is 0 Å². The van der Waals surface area contributed by atoms with Crippen molar-refractivity contribution < 1.29 is 80.2 Å². The van der Waals surface area contributed by atoms with Gasteiger partial charge in [0.15, 0.2) is 12.2 Å². The van der Waals surface area contributed by atoms with Crippen LogP contribution in [0.5, 0.6) is 0 Å². The highest BCUT2D eigenvalue weighted by Crippen LogP contribution is 2.45. The van der Waals surface area contributed by atoms with Gasteiger partial charge in [-0.25, -0.2) is 9.13 Å². The maximum absolute atomic E-state index is 13.2. The molecule has 17 nitrogen and oxygen atoms in total. The Morgan fingerprint density at radius 1 is 0.241 bits per heavy atom. The Kier molecular flexibility index (Phi) is 84.0. The highest BCUT2D eigenvalue weighted by Gasteiger charge is 2.31. The summed E-state index contributed by atoms with van der Waals surface area (Å²) >= 11 is 0. The van der Waals surface area contributed by atoms with Gasteiger partial charge >= 0.3 is 39.5 Å². The number of carbonyl (C=O) groups excluding carboxylic acids is 4. The van der Waals surface area contributed by atoms with Crippen LogP contribution in [0.25, 0.3) is 0 Å². The summed E-state index contributed by atoms with van der Waals surface area (Å²) in [5, 5.41) is 10.7. The maximum Gasteiger partial charge on any atom is 0.472 e. The summed E-state index contributed by atoms with van der Waals surface area (Å²) < 4.78 is 69.1. The number of unbranched alkanes of at least 4 members (excludes halogenated alkanes) is 65. The molecule has 0 aromatic rings. The van der Waals surface area contributed by atoms with E-state index in [0.29, 0.717) is 25.7 Å². The lowest BCUT2D eigenvalue weighted by molar-refractivity contribution is -0.161. The van der Waals surface area contributed by atoms with Crippen molar-refractivity contribution in [2.75, 3.05) is 39.6 Å². The van der Waals surface area contributed by atoms with E-state index in [1.54, 1.807) is 0 Å². The van der Waals surface area contributed by atoms with Gasteiger partial charge in [-0.05, 0) is 31.6 Å². The van der Waals surface area contributed by atoms with Crippen LogP contribution in [0.3, 0.4) is 0 Å². The Morgan fingerprint density at radius 3 is 0.607 bits per heavy atom. The van der Waals surface area contributed by atoms with E-state index in [0.717, 1.165) is 95.8 Å². The number of phosphoric ester groups is 2. The molecule has 0 bridgehead atoms. The van der Waals surface area contributed by atoms with Gasteiger partial charge in [0, 0.05) is 25.7 Å². The molecule has 666 valence electrons. The average molecular weight is 1630 g/mol. The van der Waals surface area contributed by atoms with E-state index < -0.39 is 97.5 Å². The Bertz CT molecular complexity index is 2120. The maximum atomic E-state index is 13.2. The number of rotatable bonds is 93. The fourth-order valence-corrected chi connectivity index (χ4v) is 16.3. The van der Waals surface area contributed by atoms with E-state index in [4.69, 9.17) is 37.0 Å². The molecule has 2 unspecified atom stereocenters. The first-order valence-electron chi connectivity index (χ1n) is 48.1. The van der Waals surface area contributed by atoms with Crippen molar-refractivity contribution in [2.24, 2.45) is 5.92 Å². The van der Waals surface area contributed by atoms with Gasteiger partial charge < -0.3 is 33.8 Å². The van der Waals surface area contributed by atoms with Crippen LogP contribution in [0.1, 0.15) is 510 Å². The van der Waals surface area contributed by atoms with Crippen LogP contribution >= 0.6 is 15.6 Å². The van der Waals surface area contributed by atoms with Gasteiger partial charge in [0.1, 0.15) is 19.3 Å². The molecule has 5 atom stereocenters. The van der Waals surface area contributed by atoms with E-state index in [9.17, 15) is 43.2 Å². The molecule has 0 heterocycles. The average Bonchev–Trinajstić information content (AvgIpc) is 0.900. The Labute approximate surface area is 689 Å². The topological polar surface area (TPSA) is 237 Å². The molecule has 0 saturated carbocycles. The molecule has 0 aliphatic rings. The molecule has 0 rings (SSSR count). The number of hydrogen-bond donors (Lipinski definition) is 3. The molecule has 0 amide bonds. The van der Waals surface area contributed by atoms with Crippen LogP contribution in [0.2, 0.25) is 0 Å². The number of hydrogen-bond acceptors (Lipinski definition) is 15. The van der Waals surface area contributed by atoms with E-state index in [-0.39, 0.29) is 25.7 Å². The van der Waals surface area contributed by atoms with Gasteiger partial charge in [-0.15, -0.1) is 0 Å². The lowest BCUT2D eigenvalue weighted by Crippen LogP contribution is -2.30. The predicted molar refractivity (Wildman–Crippen MR) is 465 cm³/mol. The molecule has 0 aromatic carbocycles. The largest absolute Gasteiger partial charge is 0.472 e. The van der Waals surface area contributed by atoms with E-state index >= 15 is 0 Å². The summed E-state index contributed by atoms with van der Waals surface area (Å²) in [4.78, 5) is 73.5. The molecular weight excluding hydrogens is 1450 g/mol. The van der Waals surface area contributed by atoms with E-state index in [1.165, 1.54) is 334 Å². The Morgan fingerprint density at radius 2 is 0.411 bits per heavy atom. The predicted octanol–water partition coefficient (Wildman–Crippen LogP) is 29.1. The molecule has 0 aromatic heterocycles. The molecular formula is C93H182O17P2. The second-order valence-electron chi connectivity index (χ2n) is 33.9. The van der Waals surface area contributed by atoms with Crippen molar-refractivity contribution in [3.8, 4) is 0 Å². The van der Waals surface area contributed by atoms with Crippen LogP contribution < -0.4 is 0 Å². The third-order valence-electron chi connectivity index (χ3n) is 22.0. The van der Waals surface area contributed by atoms with Gasteiger partial charge in [0.2, 0.25) is 0 Å². The first-order valence-corrected chi connectivity index (χ1v) is 51.1. The molecule has 3 N–H and O–H groups in total. The van der Waals surface area contributed by atoms with Crippen LogP contribution in [0.15, 0.2) is 0 Å². The molecule has 0 aliphatic heterocycles. The Hall–Kier alpha value is -1.94. The van der Waals surface area contributed by atoms with Crippen molar-refractivity contribution >= 4 is 39.5 Å². The second kappa shape index (κ2) is 85.5. The normalized spacial score (nSPS) is 13.7. The number of carbonyl (C=O) groups is 4. The summed E-state index contributed by atoms with van der Waals surface area (Å²) in [5.41, 5.74) is 0. The van der Waals surface area contributed by atoms with Gasteiger partial charge in [-0.2, -0.15) is 0 Å². The van der Waals surface area contributed by atoms with Crippen molar-refractivity contribution in [3.05, 3.63) is 0 Å². The standard InChI is InChI=1S/C93H182O17P2/c1-6-9-12-15-18-21-24-27-30-33-36-38-39-42-45-48-51-54-57-64-69-73-78-92(97)109-88(82-103-90(95)76-71-66-61-55-52-49-46-43-41-37-34-31-28-25-22-19-16-13-10-7-2)84-107-111(99,100)105-80-87(94)81-106-112(101,102)108-85-89(83-104-91(96)77-72-67-62-59-58-60-65-70-75-86(4)5)110-93(98)79-74-68-63-56-53-50-47-44-40-35-32-29-26-23-20-17-14-11-8-3/h86-89,94H,6-85H2,1-5H3,(H,99,100)(H,101,102)/t87-,88-,89-/m1/s1. The first kappa shape index (κ1) is 110.